The van der Waals surface area contributed by atoms with Crippen LogP contribution < -0.4 is 10.9 Å². The van der Waals surface area contributed by atoms with Crippen molar-refractivity contribution in [3.63, 3.8) is 0 Å². The standard InChI is InChI=1S/C17H25N5O2/c1-5-15-18-8-10-22(15)9-6-7-19-16(23)11-14-12(2)17(24)21(4)13(3)20-14/h8,10H,5-7,9,11H2,1-4H3,(H,19,23). The number of hydrogen-bond donors (Lipinski definition) is 1. The van der Waals surface area contributed by atoms with Gasteiger partial charge >= 0.3 is 0 Å². The van der Waals surface area contributed by atoms with Crippen LogP contribution in [0.3, 0.4) is 0 Å². The molecule has 2 rings (SSSR count). The van der Waals surface area contributed by atoms with Gasteiger partial charge in [0.25, 0.3) is 5.56 Å². The molecule has 7 heteroatoms. The van der Waals surface area contributed by atoms with Crippen molar-refractivity contribution in [3.05, 3.63) is 45.7 Å². The third kappa shape index (κ3) is 4.10. The van der Waals surface area contributed by atoms with E-state index in [4.69, 9.17) is 0 Å². The third-order valence-electron chi connectivity index (χ3n) is 4.18. The number of hydrogen-bond acceptors (Lipinski definition) is 4. The smallest absolute Gasteiger partial charge is 0.256 e. The molecule has 0 unspecified atom stereocenters. The molecule has 0 saturated carbocycles. The number of imidazole rings is 1. The first-order valence-electron chi connectivity index (χ1n) is 8.23. The maximum absolute atomic E-state index is 12.1. The Morgan fingerprint density at radius 1 is 1.33 bits per heavy atom. The summed E-state index contributed by atoms with van der Waals surface area (Å²) in [6.07, 6.45) is 5.61. The van der Waals surface area contributed by atoms with Crippen LogP contribution in [0.25, 0.3) is 0 Å². The Bertz CT molecular complexity index is 776. The zero-order chi connectivity index (χ0) is 17.7. The summed E-state index contributed by atoms with van der Waals surface area (Å²) < 4.78 is 3.59. The van der Waals surface area contributed by atoms with Gasteiger partial charge in [-0.25, -0.2) is 9.97 Å². The van der Waals surface area contributed by atoms with Gasteiger partial charge < -0.3 is 9.88 Å². The van der Waals surface area contributed by atoms with Crippen molar-refractivity contribution >= 4 is 5.91 Å². The quantitative estimate of drug-likeness (QED) is 0.765. The molecule has 0 fully saturated rings. The van der Waals surface area contributed by atoms with E-state index < -0.39 is 0 Å². The molecule has 0 saturated heterocycles. The molecular formula is C17H25N5O2. The second-order valence-corrected chi connectivity index (χ2v) is 5.87. The SMILES string of the molecule is CCc1nccn1CCCNC(=O)Cc1nc(C)n(C)c(=O)c1C. The predicted molar refractivity (Wildman–Crippen MR) is 91.9 cm³/mol. The number of rotatable bonds is 7. The Morgan fingerprint density at radius 3 is 2.79 bits per heavy atom. The van der Waals surface area contributed by atoms with Gasteiger partial charge in [0.15, 0.2) is 0 Å². The zero-order valence-electron chi connectivity index (χ0n) is 14.8. The minimum atomic E-state index is -0.111. The van der Waals surface area contributed by atoms with Crippen LogP contribution in [-0.2, 0) is 31.2 Å². The second-order valence-electron chi connectivity index (χ2n) is 5.87. The minimum absolute atomic E-state index is 0.0995. The molecule has 130 valence electrons. The Balaban J connectivity index is 1.85. The lowest BCUT2D eigenvalue weighted by Gasteiger charge is -2.10. The van der Waals surface area contributed by atoms with Gasteiger partial charge in [0, 0.05) is 44.5 Å². The number of nitrogens with one attached hydrogen (secondary N) is 1. The number of nitrogens with zero attached hydrogens (tertiary/aromatic N) is 4. The van der Waals surface area contributed by atoms with E-state index in [1.54, 1.807) is 27.1 Å². The molecular weight excluding hydrogens is 306 g/mol. The molecule has 0 bridgehead atoms. The molecule has 1 amide bonds. The third-order valence-corrected chi connectivity index (χ3v) is 4.18. The summed E-state index contributed by atoms with van der Waals surface area (Å²) in [5.41, 5.74) is 0.984. The Kier molecular flexibility index (Phi) is 5.89. The molecule has 24 heavy (non-hydrogen) atoms. The lowest BCUT2D eigenvalue weighted by Crippen LogP contribution is -2.30. The fourth-order valence-electron chi connectivity index (χ4n) is 2.60. The van der Waals surface area contributed by atoms with Gasteiger partial charge in [-0.05, 0) is 20.3 Å². The van der Waals surface area contributed by atoms with Crippen molar-refractivity contribution in [1.29, 1.82) is 0 Å². The summed E-state index contributed by atoms with van der Waals surface area (Å²) in [6.45, 7) is 6.96. The van der Waals surface area contributed by atoms with Crippen LogP contribution in [0, 0.1) is 13.8 Å². The monoisotopic (exact) mass is 331 g/mol. The van der Waals surface area contributed by atoms with E-state index in [0.29, 0.717) is 23.6 Å². The molecule has 0 radical (unpaired) electrons. The maximum Gasteiger partial charge on any atom is 0.256 e. The number of carbonyl (C=O) groups is 1. The van der Waals surface area contributed by atoms with Crippen LogP contribution in [0.2, 0.25) is 0 Å². The molecule has 2 aromatic rings. The van der Waals surface area contributed by atoms with E-state index in [1.807, 2.05) is 6.20 Å². The molecule has 0 aliphatic carbocycles. The first kappa shape index (κ1) is 17.9. The molecule has 0 aromatic carbocycles. The molecule has 2 aromatic heterocycles. The van der Waals surface area contributed by atoms with Crippen molar-refractivity contribution in [2.75, 3.05) is 6.54 Å². The number of aryl methyl sites for hydroxylation is 3. The summed E-state index contributed by atoms with van der Waals surface area (Å²) in [6, 6.07) is 0. The summed E-state index contributed by atoms with van der Waals surface area (Å²) in [5, 5.41) is 2.89. The predicted octanol–water partition coefficient (Wildman–Crippen LogP) is 0.905. The number of carbonyl (C=O) groups excluding carboxylic acids is 1. The highest BCUT2D eigenvalue weighted by Crippen LogP contribution is 2.03. The first-order valence-corrected chi connectivity index (χ1v) is 8.23. The van der Waals surface area contributed by atoms with Crippen molar-refractivity contribution in [2.24, 2.45) is 7.05 Å². The van der Waals surface area contributed by atoms with Crippen LogP contribution >= 0.6 is 0 Å². The number of aromatic nitrogens is 4. The molecule has 2 heterocycles. The average molecular weight is 331 g/mol. The fourth-order valence-corrected chi connectivity index (χ4v) is 2.60. The van der Waals surface area contributed by atoms with Crippen LogP contribution in [0.1, 0.15) is 36.3 Å². The lowest BCUT2D eigenvalue weighted by molar-refractivity contribution is -0.120. The van der Waals surface area contributed by atoms with Gasteiger partial charge in [0.1, 0.15) is 11.6 Å². The van der Waals surface area contributed by atoms with Gasteiger partial charge in [-0.3, -0.25) is 14.2 Å². The van der Waals surface area contributed by atoms with E-state index in [1.165, 1.54) is 4.57 Å². The van der Waals surface area contributed by atoms with E-state index >= 15 is 0 Å². The number of amides is 1. The molecule has 0 aliphatic rings. The van der Waals surface area contributed by atoms with Crippen LogP contribution in [0.5, 0.6) is 0 Å². The lowest BCUT2D eigenvalue weighted by atomic mass is 10.2. The first-order chi connectivity index (χ1) is 11.4. The van der Waals surface area contributed by atoms with Crippen LogP contribution in [0.4, 0.5) is 0 Å². The fraction of sp³-hybridized carbons (Fsp3) is 0.529. The van der Waals surface area contributed by atoms with Gasteiger partial charge in [-0.15, -0.1) is 0 Å². The second kappa shape index (κ2) is 7.90. The molecule has 0 atom stereocenters. The minimum Gasteiger partial charge on any atom is -0.356 e. The van der Waals surface area contributed by atoms with Gasteiger partial charge in [0.05, 0.1) is 12.1 Å². The van der Waals surface area contributed by atoms with E-state index in [-0.39, 0.29) is 17.9 Å². The average Bonchev–Trinajstić information content (AvgIpc) is 3.02. The largest absolute Gasteiger partial charge is 0.356 e. The van der Waals surface area contributed by atoms with Crippen LogP contribution in [-0.4, -0.2) is 31.6 Å². The van der Waals surface area contributed by atoms with Gasteiger partial charge in [0.2, 0.25) is 5.91 Å². The molecule has 1 N–H and O–H groups in total. The van der Waals surface area contributed by atoms with Crippen molar-refractivity contribution in [2.45, 2.75) is 46.6 Å². The highest BCUT2D eigenvalue weighted by Gasteiger charge is 2.12. The van der Waals surface area contributed by atoms with Crippen molar-refractivity contribution in [1.82, 2.24) is 24.4 Å². The zero-order valence-corrected chi connectivity index (χ0v) is 14.8. The Hall–Kier alpha value is -2.44. The summed E-state index contributed by atoms with van der Waals surface area (Å²) in [7, 11) is 1.68. The van der Waals surface area contributed by atoms with Crippen LogP contribution in [0.15, 0.2) is 17.2 Å². The van der Waals surface area contributed by atoms with Gasteiger partial charge in [-0.1, -0.05) is 6.92 Å². The summed E-state index contributed by atoms with van der Waals surface area (Å²) in [5.74, 6) is 1.55. The van der Waals surface area contributed by atoms with Gasteiger partial charge in [-0.2, -0.15) is 0 Å². The Labute approximate surface area is 141 Å². The summed E-state index contributed by atoms with van der Waals surface area (Å²) in [4.78, 5) is 32.7. The maximum atomic E-state index is 12.1. The van der Waals surface area contributed by atoms with E-state index in [9.17, 15) is 9.59 Å². The van der Waals surface area contributed by atoms with E-state index in [0.717, 1.165) is 25.2 Å². The molecule has 0 aliphatic heterocycles. The molecule has 7 nitrogen and oxygen atoms in total. The topological polar surface area (TPSA) is 81.8 Å². The van der Waals surface area contributed by atoms with Crippen molar-refractivity contribution in [3.8, 4) is 0 Å². The van der Waals surface area contributed by atoms with E-state index in [2.05, 4.69) is 26.8 Å². The normalized spacial score (nSPS) is 10.8. The highest BCUT2D eigenvalue weighted by atomic mass is 16.1. The highest BCUT2D eigenvalue weighted by molar-refractivity contribution is 5.78. The molecule has 0 spiro atoms. The Morgan fingerprint density at radius 2 is 2.08 bits per heavy atom. The summed E-state index contributed by atoms with van der Waals surface area (Å²) >= 11 is 0. The van der Waals surface area contributed by atoms with Crippen molar-refractivity contribution < 1.29 is 4.79 Å².